The lowest BCUT2D eigenvalue weighted by atomic mass is 10.1. The fraction of sp³-hybridized carbons (Fsp3) is 0.333. The Bertz CT molecular complexity index is 347. The second-order valence-electron chi connectivity index (χ2n) is 2.99. The molecule has 0 spiro atoms. The fourth-order valence-electron chi connectivity index (χ4n) is 1.20. The number of hydrogen-bond acceptors (Lipinski definition) is 1. The van der Waals surface area contributed by atoms with Gasteiger partial charge in [-0.2, -0.15) is 13.2 Å². The predicted octanol–water partition coefficient (Wildman–Crippen LogP) is 3.13. The standard InChI is InChI=1S/C9H9ClF3N/c1-5-2-6(4-14)8(10)7(3-5)9(11,12)13/h2-3H,4,14H2,1H3. The first kappa shape index (κ1) is 11.3. The van der Waals surface area contributed by atoms with Gasteiger partial charge in [-0.25, -0.2) is 0 Å². The highest BCUT2D eigenvalue weighted by Crippen LogP contribution is 2.36. The van der Waals surface area contributed by atoms with E-state index in [1.54, 1.807) is 13.0 Å². The Kier molecular flexibility index (Phi) is 3.07. The number of hydrogen-bond donors (Lipinski definition) is 1. The van der Waals surface area contributed by atoms with E-state index in [0.717, 1.165) is 6.07 Å². The van der Waals surface area contributed by atoms with Crippen molar-refractivity contribution in [1.82, 2.24) is 0 Å². The summed E-state index contributed by atoms with van der Waals surface area (Å²) in [4.78, 5) is 0. The smallest absolute Gasteiger partial charge is 0.326 e. The van der Waals surface area contributed by atoms with E-state index in [-0.39, 0.29) is 11.6 Å². The third-order valence-electron chi connectivity index (χ3n) is 1.82. The first-order valence-electron chi connectivity index (χ1n) is 3.92. The third kappa shape index (κ3) is 2.19. The maximum Gasteiger partial charge on any atom is 0.417 e. The number of aryl methyl sites for hydroxylation is 1. The zero-order valence-corrected chi connectivity index (χ0v) is 8.21. The number of benzene rings is 1. The van der Waals surface area contributed by atoms with E-state index in [9.17, 15) is 13.2 Å². The molecule has 0 saturated carbocycles. The van der Waals surface area contributed by atoms with E-state index >= 15 is 0 Å². The maximum atomic E-state index is 12.4. The number of halogens is 4. The molecule has 1 aromatic carbocycles. The van der Waals surface area contributed by atoms with Crippen LogP contribution in [0.25, 0.3) is 0 Å². The quantitative estimate of drug-likeness (QED) is 0.778. The molecule has 0 amide bonds. The van der Waals surface area contributed by atoms with Gasteiger partial charge in [0.1, 0.15) is 0 Å². The molecule has 78 valence electrons. The average molecular weight is 224 g/mol. The van der Waals surface area contributed by atoms with Crippen molar-refractivity contribution in [2.75, 3.05) is 0 Å². The molecule has 0 aliphatic heterocycles. The van der Waals surface area contributed by atoms with Crippen molar-refractivity contribution < 1.29 is 13.2 Å². The summed E-state index contributed by atoms with van der Waals surface area (Å²) >= 11 is 5.57. The molecule has 1 rings (SSSR count). The molecule has 1 nitrogen and oxygen atoms in total. The van der Waals surface area contributed by atoms with Crippen LogP contribution in [0.4, 0.5) is 13.2 Å². The molecule has 2 N–H and O–H groups in total. The summed E-state index contributed by atoms with van der Waals surface area (Å²) in [5, 5.41) is -0.300. The highest BCUT2D eigenvalue weighted by atomic mass is 35.5. The molecular formula is C9H9ClF3N. The summed E-state index contributed by atoms with van der Waals surface area (Å²) in [7, 11) is 0. The molecule has 14 heavy (non-hydrogen) atoms. The summed E-state index contributed by atoms with van der Waals surface area (Å²) in [6, 6.07) is 2.57. The zero-order valence-electron chi connectivity index (χ0n) is 7.45. The minimum atomic E-state index is -4.42. The van der Waals surface area contributed by atoms with Crippen molar-refractivity contribution in [1.29, 1.82) is 0 Å². The van der Waals surface area contributed by atoms with Gasteiger partial charge in [-0.3, -0.25) is 0 Å². The fourth-order valence-corrected chi connectivity index (χ4v) is 1.49. The molecule has 5 heteroatoms. The van der Waals surface area contributed by atoms with Gasteiger partial charge in [-0.05, 0) is 18.6 Å². The summed E-state index contributed by atoms with van der Waals surface area (Å²) in [6.45, 7) is 1.58. The van der Waals surface area contributed by atoms with Crippen molar-refractivity contribution >= 4 is 11.6 Å². The Morgan fingerprint density at radius 2 is 1.93 bits per heavy atom. The van der Waals surface area contributed by atoms with Gasteiger partial charge in [0.15, 0.2) is 0 Å². The van der Waals surface area contributed by atoms with Crippen LogP contribution in [0.5, 0.6) is 0 Å². The number of rotatable bonds is 1. The van der Waals surface area contributed by atoms with Gasteiger partial charge < -0.3 is 5.73 Å². The largest absolute Gasteiger partial charge is 0.417 e. The van der Waals surface area contributed by atoms with E-state index in [0.29, 0.717) is 11.1 Å². The number of alkyl halides is 3. The Morgan fingerprint density at radius 3 is 2.36 bits per heavy atom. The Hall–Kier alpha value is -0.740. The first-order chi connectivity index (χ1) is 6.36. The zero-order chi connectivity index (χ0) is 10.9. The Labute approximate surface area is 84.7 Å². The summed E-state index contributed by atoms with van der Waals surface area (Å²) in [5.74, 6) is 0. The van der Waals surface area contributed by atoms with Gasteiger partial charge >= 0.3 is 6.18 Å². The Morgan fingerprint density at radius 1 is 1.36 bits per heavy atom. The van der Waals surface area contributed by atoms with Gasteiger partial charge in [0.2, 0.25) is 0 Å². The summed E-state index contributed by atoms with van der Waals surface area (Å²) in [6.07, 6.45) is -4.42. The normalized spacial score (nSPS) is 11.9. The molecule has 0 bridgehead atoms. The second-order valence-corrected chi connectivity index (χ2v) is 3.37. The van der Waals surface area contributed by atoms with Crippen molar-refractivity contribution in [2.24, 2.45) is 5.73 Å². The average Bonchev–Trinajstić information content (AvgIpc) is 2.06. The molecule has 0 saturated heterocycles. The molecular weight excluding hydrogens is 215 g/mol. The molecule has 0 atom stereocenters. The van der Waals surface area contributed by atoms with Gasteiger partial charge in [0, 0.05) is 6.54 Å². The van der Waals surface area contributed by atoms with Crippen LogP contribution in [-0.4, -0.2) is 0 Å². The van der Waals surface area contributed by atoms with Gasteiger partial charge in [-0.1, -0.05) is 23.2 Å². The van der Waals surface area contributed by atoms with E-state index in [2.05, 4.69) is 0 Å². The summed E-state index contributed by atoms with van der Waals surface area (Å²) < 4.78 is 37.3. The van der Waals surface area contributed by atoms with Crippen molar-refractivity contribution in [3.05, 3.63) is 33.8 Å². The van der Waals surface area contributed by atoms with Crippen molar-refractivity contribution in [3.63, 3.8) is 0 Å². The predicted molar refractivity (Wildman–Crippen MR) is 49.1 cm³/mol. The molecule has 0 aliphatic rings. The second kappa shape index (κ2) is 3.79. The van der Waals surface area contributed by atoms with Crippen LogP contribution < -0.4 is 5.73 Å². The van der Waals surface area contributed by atoms with Crippen LogP contribution in [0.3, 0.4) is 0 Å². The van der Waals surface area contributed by atoms with E-state index in [4.69, 9.17) is 17.3 Å². The first-order valence-corrected chi connectivity index (χ1v) is 4.30. The molecule has 0 aromatic heterocycles. The SMILES string of the molecule is Cc1cc(CN)c(Cl)c(C(F)(F)F)c1. The van der Waals surface area contributed by atoms with Crippen LogP contribution in [0.1, 0.15) is 16.7 Å². The molecule has 0 fully saturated rings. The van der Waals surface area contributed by atoms with Crippen LogP contribution in [0.15, 0.2) is 12.1 Å². The third-order valence-corrected chi connectivity index (χ3v) is 2.26. The van der Waals surface area contributed by atoms with Crippen LogP contribution in [0.2, 0.25) is 5.02 Å². The number of nitrogens with two attached hydrogens (primary N) is 1. The molecule has 0 aliphatic carbocycles. The summed E-state index contributed by atoms with van der Waals surface area (Å²) in [5.41, 5.74) is 5.28. The molecule has 0 unspecified atom stereocenters. The van der Waals surface area contributed by atoms with Crippen LogP contribution >= 0.6 is 11.6 Å². The maximum absolute atomic E-state index is 12.4. The minimum absolute atomic E-state index is 0.00356. The lowest BCUT2D eigenvalue weighted by Crippen LogP contribution is -2.09. The lowest BCUT2D eigenvalue weighted by Gasteiger charge is -2.12. The van der Waals surface area contributed by atoms with Gasteiger partial charge in [0.25, 0.3) is 0 Å². The lowest BCUT2D eigenvalue weighted by molar-refractivity contribution is -0.137. The molecule has 0 radical (unpaired) electrons. The topological polar surface area (TPSA) is 26.0 Å². The van der Waals surface area contributed by atoms with Crippen molar-refractivity contribution in [3.8, 4) is 0 Å². The van der Waals surface area contributed by atoms with Crippen molar-refractivity contribution in [2.45, 2.75) is 19.6 Å². The van der Waals surface area contributed by atoms with Crippen LogP contribution in [-0.2, 0) is 12.7 Å². The Balaban J connectivity index is 3.37. The van der Waals surface area contributed by atoms with E-state index in [1.807, 2.05) is 0 Å². The van der Waals surface area contributed by atoms with Crippen LogP contribution in [0, 0.1) is 6.92 Å². The van der Waals surface area contributed by atoms with Gasteiger partial charge in [0.05, 0.1) is 10.6 Å². The highest BCUT2D eigenvalue weighted by Gasteiger charge is 2.34. The van der Waals surface area contributed by atoms with Gasteiger partial charge in [-0.15, -0.1) is 0 Å². The highest BCUT2D eigenvalue weighted by molar-refractivity contribution is 6.32. The monoisotopic (exact) mass is 223 g/mol. The van der Waals surface area contributed by atoms with E-state index in [1.165, 1.54) is 0 Å². The van der Waals surface area contributed by atoms with E-state index < -0.39 is 11.7 Å². The molecule has 0 heterocycles. The molecule has 1 aromatic rings. The minimum Gasteiger partial charge on any atom is -0.326 e.